The maximum absolute atomic E-state index is 12.3. The Morgan fingerprint density at radius 2 is 1.62 bits per heavy atom. The van der Waals surface area contributed by atoms with Gasteiger partial charge in [0.05, 0.1) is 38.5 Å². The van der Waals surface area contributed by atoms with Crippen molar-refractivity contribution < 1.29 is 19.0 Å². The van der Waals surface area contributed by atoms with Gasteiger partial charge in [-0.2, -0.15) is 0 Å². The first-order chi connectivity index (χ1) is 11.5. The molecule has 0 aliphatic carbocycles. The van der Waals surface area contributed by atoms with Crippen LogP contribution in [0.25, 0.3) is 0 Å². The van der Waals surface area contributed by atoms with Gasteiger partial charge in [0.25, 0.3) is 0 Å². The van der Waals surface area contributed by atoms with Crippen LogP contribution in [0.2, 0.25) is 10.0 Å². The Balaban J connectivity index is 2.21. The minimum absolute atomic E-state index is 0.111. The second-order valence-electron chi connectivity index (χ2n) is 4.88. The largest absolute Gasteiger partial charge is 0.493 e. The first kappa shape index (κ1) is 18.2. The summed E-state index contributed by atoms with van der Waals surface area (Å²) in [5, 5.41) is 3.64. The molecule has 0 heterocycles. The number of halogens is 2. The van der Waals surface area contributed by atoms with Crippen LogP contribution in [0.1, 0.15) is 5.56 Å². The summed E-state index contributed by atoms with van der Waals surface area (Å²) < 4.78 is 15.8. The summed E-state index contributed by atoms with van der Waals surface area (Å²) in [6.07, 6.45) is 0.111. The average molecular weight is 370 g/mol. The van der Waals surface area contributed by atoms with Crippen LogP contribution in [-0.2, 0) is 11.2 Å². The van der Waals surface area contributed by atoms with E-state index in [1.165, 1.54) is 21.3 Å². The van der Waals surface area contributed by atoms with Crippen LogP contribution < -0.4 is 19.5 Å². The zero-order valence-electron chi connectivity index (χ0n) is 13.5. The number of carbonyl (C=O) groups excluding carboxylic acids is 1. The van der Waals surface area contributed by atoms with Gasteiger partial charge in [0.15, 0.2) is 11.5 Å². The maximum atomic E-state index is 12.3. The lowest BCUT2D eigenvalue weighted by atomic mass is 10.1. The number of hydrogen-bond donors (Lipinski definition) is 1. The fraction of sp³-hybridized carbons (Fsp3) is 0.235. The minimum atomic E-state index is -0.242. The van der Waals surface area contributed by atoms with E-state index in [9.17, 15) is 4.79 Å². The molecule has 0 aliphatic rings. The van der Waals surface area contributed by atoms with E-state index in [1.54, 1.807) is 30.3 Å². The molecular weight excluding hydrogens is 353 g/mol. The van der Waals surface area contributed by atoms with Gasteiger partial charge in [0, 0.05) is 5.02 Å². The van der Waals surface area contributed by atoms with Gasteiger partial charge >= 0.3 is 0 Å². The lowest BCUT2D eigenvalue weighted by Crippen LogP contribution is -2.15. The van der Waals surface area contributed by atoms with Crippen LogP contribution in [0.3, 0.4) is 0 Å². The van der Waals surface area contributed by atoms with Gasteiger partial charge in [-0.25, -0.2) is 0 Å². The average Bonchev–Trinajstić information content (AvgIpc) is 2.57. The van der Waals surface area contributed by atoms with E-state index in [-0.39, 0.29) is 12.3 Å². The highest BCUT2D eigenvalue weighted by Gasteiger charge is 2.15. The normalized spacial score (nSPS) is 10.2. The second kappa shape index (κ2) is 8.13. The summed E-state index contributed by atoms with van der Waals surface area (Å²) >= 11 is 12.0. The number of benzene rings is 2. The van der Waals surface area contributed by atoms with Gasteiger partial charge in [0.2, 0.25) is 11.7 Å². The van der Waals surface area contributed by atoms with E-state index in [0.717, 1.165) is 0 Å². The molecule has 0 aromatic heterocycles. The molecule has 0 spiro atoms. The third kappa shape index (κ3) is 4.24. The van der Waals surface area contributed by atoms with Crippen molar-refractivity contribution in [1.82, 2.24) is 0 Å². The van der Waals surface area contributed by atoms with Crippen molar-refractivity contribution >= 4 is 34.8 Å². The van der Waals surface area contributed by atoms with E-state index >= 15 is 0 Å². The highest BCUT2D eigenvalue weighted by molar-refractivity contribution is 6.35. The van der Waals surface area contributed by atoms with Crippen molar-refractivity contribution in [2.75, 3.05) is 26.6 Å². The number of carbonyl (C=O) groups is 1. The standard InChI is InChI=1S/C17H17Cl2NO4/c1-22-14-6-10(7-15(23-2)17(14)24-3)8-16(21)20-13-9-11(18)4-5-12(13)19/h4-7,9H,8H2,1-3H3,(H,20,21). The van der Waals surface area contributed by atoms with Crippen molar-refractivity contribution in [3.63, 3.8) is 0 Å². The zero-order valence-corrected chi connectivity index (χ0v) is 15.0. The highest BCUT2D eigenvalue weighted by atomic mass is 35.5. The Hall–Kier alpha value is -2.11. The molecule has 0 fully saturated rings. The molecule has 1 amide bonds. The summed E-state index contributed by atoms with van der Waals surface area (Å²) in [7, 11) is 4.56. The molecule has 0 saturated heterocycles. The van der Waals surface area contributed by atoms with Gasteiger partial charge in [-0.05, 0) is 35.9 Å². The molecule has 0 unspecified atom stereocenters. The molecular formula is C17H17Cl2NO4. The number of anilines is 1. The van der Waals surface area contributed by atoms with Crippen molar-refractivity contribution in [3.8, 4) is 17.2 Å². The minimum Gasteiger partial charge on any atom is -0.493 e. The molecule has 2 aromatic carbocycles. The third-order valence-corrected chi connectivity index (χ3v) is 3.86. The first-order valence-corrected chi connectivity index (χ1v) is 7.77. The molecule has 24 heavy (non-hydrogen) atoms. The smallest absolute Gasteiger partial charge is 0.228 e. The molecule has 2 rings (SSSR count). The lowest BCUT2D eigenvalue weighted by molar-refractivity contribution is -0.115. The molecule has 5 nitrogen and oxygen atoms in total. The molecule has 0 bridgehead atoms. The fourth-order valence-electron chi connectivity index (χ4n) is 2.21. The topological polar surface area (TPSA) is 56.8 Å². The maximum Gasteiger partial charge on any atom is 0.228 e. The number of nitrogens with one attached hydrogen (secondary N) is 1. The van der Waals surface area contributed by atoms with Crippen LogP contribution in [0.4, 0.5) is 5.69 Å². The lowest BCUT2D eigenvalue weighted by Gasteiger charge is -2.14. The Morgan fingerprint density at radius 3 is 2.17 bits per heavy atom. The quantitative estimate of drug-likeness (QED) is 0.828. The zero-order chi connectivity index (χ0) is 17.7. The Labute approximate surface area is 150 Å². The molecule has 128 valence electrons. The number of amides is 1. The number of ether oxygens (including phenoxy) is 3. The summed E-state index contributed by atoms with van der Waals surface area (Å²) in [6.45, 7) is 0. The molecule has 0 radical (unpaired) electrons. The van der Waals surface area contributed by atoms with E-state index in [2.05, 4.69) is 5.32 Å². The molecule has 0 aliphatic heterocycles. The molecule has 0 atom stereocenters. The van der Waals surface area contributed by atoms with E-state index in [1.807, 2.05) is 0 Å². The summed E-state index contributed by atoms with van der Waals surface area (Å²) in [5.41, 5.74) is 1.17. The number of rotatable bonds is 6. The number of methoxy groups -OCH3 is 3. The number of hydrogen-bond acceptors (Lipinski definition) is 4. The Bertz CT molecular complexity index is 724. The van der Waals surface area contributed by atoms with Gasteiger partial charge in [-0.15, -0.1) is 0 Å². The van der Waals surface area contributed by atoms with E-state index < -0.39 is 0 Å². The van der Waals surface area contributed by atoms with Crippen molar-refractivity contribution in [2.24, 2.45) is 0 Å². The molecule has 1 N–H and O–H groups in total. The first-order valence-electron chi connectivity index (χ1n) is 7.02. The fourth-order valence-corrected chi connectivity index (χ4v) is 2.55. The predicted octanol–water partition coefficient (Wildman–Crippen LogP) is 4.20. The van der Waals surface area contributed by atoms with Gasteiger partial charge in [-0.1, -0.05) is 23.2 Å². The van der Waals surface area contributed by atoms with Crippen molar-refractivity contribution in [1.29, 1.82) is 0 Å². The molecule has 2 aromatic rings. The second-order valence-corrected chi connectivity index (χ2v) is 5.73. The van der Waals surface area contributed by atoms with Crippen LogP contribution >= 0.6 is 23.2 Å². The monoisotopic (exact) mass is 369 g/mol. The van der Waals surface area contributed by atoms with Crippen molar-refractivity contribution in [2.45, 2.75) is 6.42 Å². The van der Waals surface area contributed by atoms with Crippen LogP contribution in [0.5, 0.6) is 17.2 Å². The van der Waals surface area contributed by atoms with Gasteiger partial charge in [-0.3, -0.25) is 4.79 Å². The SMILES string of the molecule is COc1cc(CC(=O)Nc2cc(Cl)ccc2Cl)cc(OC)c1OC. The van der Waals surface area contributed by atoms with Crippen LogP contribution in [0.15, 0.2) is 30.3 Å². The third-order valence-electron chi connectivity index (χ3n) is 3.29. The Kier molecular flexibility index (Phi) is 6.17. The van der Waals surface area contributed by atoms with E-state index in [4.69, 9.17) is 37.4 Å². The summed E-state index contributed by atoms with van der Waals surface area (Å²) in [6, 6.07) is 8.32. The summed E-state index contributed by atoms with van der Waals surface area (Å²) in [5.74, 6) is 1.20. The summed E-state index contributed by atoms with van der Waals surface area (Å²) in [4.78, 5) is 12.3. The Morgan fingerprint density at radius 1 is 1.00 bits per heavy atom. The molecule has 7 heteroatoms. The highest BCUT2D eigenvalue weighted by Crippen LogP contribution is 2.38. The van der Waals surface area contributed by atoms with Crippen molar-refractivity contribution in [3.05, 3.63) is 45.9 Å². The van der Waals surface area contributed by atoms with E-state index in [0.29, 0.717) is 38.5 Å². The van der Waals surface area contributed by atoms with Crippen LogP contribution in [0, 0.1) is 0 Å². The molecule has 0 saturated carbocycles. The van der Waals surface area contributed by atoms with Crippen LogP contribution in [-0.4, -0.2) is 27.2 Å². The predicted molar refractivity (Wildman–Crippen MR) is 94.9 cm³/mol. The van der Waals surface area contributed by atoms with Gasteiger partial charge < -0.3 is 19.5 Å². The van der Waals surface area contributed by atoms with Gasteiger partial charge in [0.1, 0.15) is 0 Å².